The molecule has 2 nitrogen and oxygen atoms in total. The third-order valence-electron chi connectivity index (χ3n) is 5.72. The molecule has 0 radical (unpaired) electrons. The standard InChI is InChI=1S/C23H48NO/c1-4-5-6-7-8-9-10-11-12-13-14-15-16-17-18-19-20-24(2,3)21-23-22-25-23/h23H,4-22H2,1-3H3/q+1. The molecule has 150 valence electrons. The van der Waals surface area contributed by atoms with Crippen LogP contribution in [0.25, 0.3) is 0 Å². The maximum atomic E-state index is 5.36. The number of hydrogen-bond acceptors (Lipinski definition) is 1. The van der Waals surface area contributed by atoms with Crippen LogP contribution in [0.1, 0.15) is 110 Å². The Kier molecular flexibility index (Phi) is 13.8. The number of likely N-dealkylation sites (N-methyl/N-ethyl adjacent to an activating group) is 1. The van der Waals surface area contributed by atoms with E-state index in [2.05, 4.69) is 21.0 Å². The minimum Gasteiger partial charge on any atom is -0.367 e. The summed E-state index contributed by atoms with van der Waals surface area (Å²) < 4.78 is 6.50. The SMILES string of the molecule is CCCCCCCCCCCCCCCCCC[N+](C)(C)CC1CO1. The van der Waals surface area contributed by atoms with Crippen LogP contribution in [0.3, 0.4) is 0 Å². The highest BCUT2D eigenvalue weighted by Crippen LogP contribution is 2.16. The molecule has 0 saturated carbocycles. The van der Waals surface area contributed by atoms with E-state index in [0.717, 1.165) is 11.1 Å². The zero-order chi connectivity index (χ0) is 18.2. The third-order valence-corrected chi connectivity index (χ3v) is 5.72. The highest BCUT2D eigenvalue weighted by molar-refractivity contribution is 4.67. The summed E-state index contributed by atoms with van der Waals surface area (Å²) in [5.74, 6) is 0. The van der Waals surface area contributed by atoms with Crippen molar-refractivity contribution in [2.45, 2.75) is 116 Å². The third kappa shape index (κ3) is 15.9. The van der Waals surface area contributed by atoms with Crippen LogP contribution in [-0.2, 0) is 4.74 Å². The van der Waals surface area contributed by atoms with Gasteiger partial charge in [-0.3, -0.25) is 0 Å². The Balaban J connectivity index is 1.70. The molecule has 0 N–H and O–H groups in total. The monoisotopic (exact) mass is 354 g/mol. The second-order valence-corrected chi connectivity index (χ2v) is 9.10. The molecule has 0 bridgehead atoms. The molecule has 1 unspecified atom stereocenters. The van der Waals surface area contributed by atoms with E-state index in [1.807, 2.05) is 0 Å². The van der Waals surface area contributed by atoms with E-state index in [1.54, 1.807) is 0 Å². The van der Waals surface area contributed by atoms with E-state index in [1.165, 1.54) is 116 Å². The molecule has 0 aromatic heterocycles. The van der Waals surface area contributed by atoms with Gasteiger partial charge < -0.3 is 9.22 Å². The second kappa shape index (κ2) is 15.0. The molecule has 0 aromatic carbocycles. The molecule has 1 rings (SSSR count). The summed E-state index contributed by atoms with van der Waals surface area (Å²) in [6.07, 6.45) is 23.8. The molecule has 0 aliphatic carbocycles. The van der Waals surface area contributed by atoms with Gasteiger partial charge in [0.2, 0.25) is 0 Å². The van der Waals surface area contributed by atoms with Gasteiger partial charge in [0.1, 0.15) is 12.6 Å². The Morgan fingerprint density at radius 2 is 1.00 bits per heavy atom. The van der Waals surface area contributed by atoms with Gasteiger partial charge in [-0.15, -0.1) is 0 Å². The smallest absolute Gasteiger partial charge is 0.130 e. The van der Waals surface area contributed by atoms with Gasteiger partial charge in [0, 0.05) is 0 Å². The van der Waals surface area contributed by atoms with E-state index in [4.69, 9.17) is 4.74 Å². The van der Waals surface area contributed by atoms with E-state index in [9.17, 15) is 0 Å². The molecular weight excluding hydrogens is 306 g/mol. The normalized spacial score (nSPS) is 17.2. The summed E-state index contributed by atoms with van der Waals surface area (Å²) >= 11 is 0. The summed E-state index contributed by atoms with van der Waals surface area (Å²) in [6, 6.07) is 0. The maximum Gasteiger partial charge on any atom is 0.130 e. The van der Waals surface area contributed by atoms with E-state index < -0.39 is 0 Å². The number of quaternary nitrogens is 1. The molecule has 1 aliphatic rings. The first-order valence-electron chi connectivity index (χ1n) is 11.6. The summed E-state index contributed by atoms with van der Waals surface area (Å²) in [5, 5.41) is 0. The highest BCUT2D eigenvalue weighted by atomic mass is 16.6. The number of ether oxygens (including phenoxy) is 1. The van der Waals surface area contributed by atoms with Crippen LogP contribution < -0.4 is 0 Å². The van der Waals surface area contributed by atoms with Crippen LogP contribution in [-0.4, -0.2) is 44.4 Å². The Morgan fingerprint density at radius 3 is 1.36 bits per heavy atom. The van der Waals surface area contributed by atoms with Crippen molar-refractivity contribution in [1.29, 1.82) is 0 Å². The molecule has 0 amide bonds. The lowest BCUT2D eigenvalue weighted by atomic mass is 10.0. The predicted molar refractivity (Wildman–Crippen MR) is 111 cm³/mol. The van der Waals surface area contributed by atoms with E-state index in [-0.39, 0.29) is 0 Å². The molecular formula is C23H48NO+. The molecule has 1 aliphatic heterocycles. The summed E-state index contributed by atoms with van der Waals surface area (Å²) in [5.41, 5.74) is 0. The predicted octanol–water partition coefficient (Wildman–Crippen LogP) is 6.72. The van der Waals surface area contributed by atoms with E-state index in [0.29, 0.717) is 6.10 Å². The Bertz CT molecular complexity index is 286. The first-order chi connectivity index (χ1) is 12.1. The maximum absolute atomic E-state index is 5.36. The Hall–Kier alpha value is -0.0800. The van der Waals surface area contributed by atoms with Crippen LogP contribution in [0.4, 0.5) is 0 Å². The van der Waals surface area contributed by atoms with E-state index >= 15 is 0 Å². The van der Waals surface area contributed by atoms with Crippen molar-refractivity contribution in [1.82, 2.24) is 0 Å². The van der Waals surface area contributed by atoms with Crippen molar-refractivity contribution < 1.29 is 9.22 Å². The fourth-order valence-electron chi connectivity index (χ4n) is 3.90. The average molecular weight is 355 g/mol. The van der Waals surface area contributed by atoms with Gasteiger partial charge in [0.05, 0.1) is 27.2 Å². The zero-order valence-corrected chi connectivity index (χ0v) is 17.9. The molecule has 25 heavy (non-hydrogen) atoms. The molecule has 0 aromatic rings. The van der Waals surface area contributed by atoms with Crippen molar-refractivity contribution in [3.05, 3.63) is 0 Å². The van der Waals surface area contributed by atoms with Gasteiger partial charge in [-0.2, -0.15) is 0 Å². The topological polar surface area (TPSA) is 12.5 Å². The van der Waals surface area contributed by atoms with Crippen LogP contribution in [0.5, 0.6) is 0 Å². The van der Waals surface area contributed by atoms with Crippen molar-refractivity contribution in [3.8, 4) is 0 Å². The Labute approximate surface area is 159 Å². The van der Waals surface area contributed by atoms with Crippen molar-refractivity contribution in [3.63, 3.8) is 0 Å². The number of epoxide rings is 1. The van der Waals surface area contributed by atoms with Crippen molar-refractivity contribution in [2.24, 2.45) is 0 Å². The second-order valence-electron chi connectivity index (χ2n) is 9.10. The summed E-state index contributed by atoms with van der Waals surface area (Å²) in [7, 11) is 4.71. The van der Waals surface area contributed by atoms with Crippen molar-refractivity contribution >= 4 is 0 Å². The lowest BCUT2D eigenvalue weighted by Crippen LogP contribution is -2.43. The van der Waals surface area contributed by atoms with Gasteiger partial charge in [-0.1, -0.05) is 96.8 Å². The largest absolute Gasteiger partial charge is 0.367 e. The number of unbranched alkanes of at least 4 members (excludes halogenated alkanes) is 15. The van der Waals surface area contributed by atoms with Crippen LogP contribution >= 0.6 is 0 Å². The number of nitrogens with zero attached hydrogens (tertiary/aromatic N) is 1. The van der Waals surface area contributed by atoms with Gasteiger partial charge in [-0.05, 0) is 12.8 Å². The van der Waals surface area contributed by atoms with Crippen LogP contribution in [0.2, 0.25) is 0 Å². The summed E-state index contributed by atoms with van der Waals surface area (Å²) in [4.78, 5) is 0. The lowest BCUT2D eigenvalue weighted by molar-refractivity contribution is -0.891. The molecule has 2 heteroatoms. The van der Waals surface area contributed by atoms with Crippen LogP contribution in [0, 0.1) is 0 Å². The first-order valence-corrected chi connectivity index (χ1v) is 11.6. The molecule has 1 saturated heterocycles. The van der Waals surface area contributed by atoms with Crippen molar-refractivity contribution in [2.75, 3.05) is 33.8 Å². The minimum absolute atomic E-state index is 0.566. The molecule has 1 atom stereocenters. The van der Waals surface area contributed by atoms with Gasteiger partial charge in [-0.25, -0.2) is 0 Å². The molecule has 1 heterocycles. The minimum atomic E-state index is 0.566. The zero-order valence-electron chi connectivity index (χ0n) is 17.9. The van der Waals surface area contributed by atoms with Gasteiger partial charge in [0.25, 0.3) is 0 Å². The fourth-order valence-corrected chi connectivity index (χ4v) is 3.90. The lowest BCUT2D eigenvalue weighted by Gasteiger charge is -2.29. The van der Waals surface area contributed by atoms with Crippen LogP contribution in [0.15, 0.2) is 0 Å². The molecule has 0 spiro atoms. The van der Waals surface area contributed by atoms with Gasteiger partial charge in [0.15, 0.2) is 0 Å². The molecule has 1 fully saturated rings. The summed E-state index contributed by atoms with van der Waals surface area (Å²) in [6.45, 7) is 5.82. The van der Waals surface area contributed by atoms with Gasteiger partial charge >= 0.3 is 0 Å². The number of hydrogen-bond donors (Lipinski definition) is 0. The first kappa shape index (κ1) is 23.0. The highest BCUT2D eigenvalue weighted by Gasteiger charge is 2.30. The Morgan fingerprint density at radius 1 is 0.640 bits per heavy atom. The number of rotatable bonds is 19. The average Bonchev–Trinajstić information content (AvgIpc) is 3.37. The quantitative estimate of drug-likeness (QED) is 0.142. The fraction of sp³-hybridized carbons (Fsp3) is 1.00.